The van der Waals surface area contributed by atoms with Gasteiger partial charge in [-0.15, -0.1) is 10.2 Å². The summed E-state index contributed by atoms with van der Waals surface area (Å²) < 4.78 is 6.96. The summed E-state index contributed by atoms with van der Waals surface area (Å²) in [4.78, 5) is 14.3. The lowest BCUT2D eigenvalue weighted by molar-refractivity contribution is -0.129. The lowest BCUT2D eigenvalue weighted by Crippen LogP contribution is -2.33. The number of carbonyl (C=O) groups excluding carboxylic acids is 1. The third-order valence-corrected chi connectivity index (χ3v) is 4.47. The van der Waals surface area contributed by atoms with E-state index >= 15 is 0 Å². The minimum Gasteiger partial charge on any atom is -0.383 e. The third kappa shape index (κ3) is 5.07. The lowest BCUT2D eigenvalue weighted by atomic mass is 10.2. The van der Waals surface area contributed by atoms with E-state index in [0.717, 1.165) is 10.7 Å². The molecule has 0 bridgehead atoms. The molecule has 23 heavy (non-hydrogen) atoms. The molecule has 1 aromatic heterocycles. The van der Waals surface area contributed by atoms with Gasteiger partial charge in [0.25, 0.3) is 0 Å². The largest absolute Gasteiger partial charge is 0.383 e. The first-order valence-corrected chi connectivity index (χ1v) is 8.32. The summed E-state index contributed by atoms with van der Waals surface area (Å²) in [7, 11) is 3.48. The first-order chi connectivity index (χ1) is 11.1. The molecule has 1 unspecified atom stereocenters. The van der Waals surface area contributed by atoms with E-state index in [0.29, 0.717) is 19.7 Å². The summed E-state index contributed by atoms with van der Waals surface area (Å²) in [6.07, 6.45) is 1.66. The Hall–Kier alpha value is -1.86. The number of carbonyl (C=O) groups is 1. The number of rotatable bonds is 8. The topological polar surface area (TPSA) is 60.2 Å². The number of ether oxygens (including phenoxy) is 1. The zero-order valence-corrected chi connectivity index (χ0v) is 14.5. The first-order valence-electron chi connectivity index (χ1n) is 7.44. The van der Waals surface area contributed by atoms with Crippen molar-refractivity contribution in [1.29, 1.82) is 0 Å². The second kappa shape index (κ2) is 8.69. The smallest absolute Gasteiger partial charge is 0.235 e. The standard InChI is InChI=1S/C16H22N4O2S/c1-13(23-16-18-17-12-20(16)9-10-22-3)15(21)19(2)11-14-7-5-4-6-8-14/h4-8,12-13H,9-11H2,1-3H3. The van der Waals surface area contributed by atoms with Gasteiger partial charge in [-0.3, -0.25) is 4.79 Å². The highest BCUT2D eigenvalue weighted by Gasteiger charge is 2.21. The maximum atomic E-state index is 12.5. The quantitative estimate of drug-likeness (QED) is 0.692. The predicted molar refractivity (Wildman–Crippen MR) is 90.1 cm³/mol. The van der Waals surface area contributed by atoms with Crippen LogP contribution in [0.1, 0.15) is 12.5 Å². The fourth-order valence-electron chi connectivity index (χ4n) is 2.13. The Balaban J connectivity index is 1.93. The molecule has 1 atom stereocenters. The zero-order chi connectivity index (χ0) is 16.7. The Morgan fingerprint density at radius 3 is 2.83 bits per heavy atom. The van der Waals surface area contributed by atoms with Crippen LogP contribution in [0.25, 0.3) is 0 Å². The van der Waals surface area contributed by atoms with Gasteiger partial charge in [-0.25, -0.2) is 0 Å². The van der Waals surface area contributed by atoms with Crippen molar-refractivity contribution in [2.75, 3.05) is 20.8 Å². The molecule has 0 aliphatic carbocycles. The van der Waals surface area contributed by atoms with Gasteiger partial charge >= 0.3 is 0 Å². The van der Waals surface area contributed by atoms with Crippen LogP contribution >= 0.6 is 11.8 Å². The van der Waals surface area contributed by atoms with Crippen molar-refractivity contribution in [2.24, 2.45) is 0 Å². The fraction of sp³-hybridized carbons (Fsp3) is 0.438. The van der Waals surface area contributed by atoms with E-state index in [2.05, 4.69) is 10.2 Å². The second-order valence-corrected chi connectivity index (χ2v) is 6.55. The van der Waals surface area contributed by atoms with Crippen LogP contribution < -0.4 is 0 Å². The molecule has 1 amide bonds. The van der Waals surface area contributed by atoms with Gasteiger partial charge in [0.15, 0.2) is 5.16 Å². The molecule has 6 nitrogen and oxygen atoms in total. The number of amides is 1. The molecule has 0 saturated heterocycles. The highest BCUT2D eigenvalue weighted by molar-refractivity contribution is 8.00. The average molecular weight is 334 g/mol. The van der Waals surface area contributed by atoms with Gasteiger partial charge in [0.2, 0.25) is 5.91 Å². The molecule has 0 spiro atoms. The third-order valence-electron chi connectivity index (χ3n) is 3.39. The normalized spacial score (nSPS) is 12.1. The van der Waals surface area contributed by atoms with Crippen LogP contribution in [0.5, 0.6) is 0 Å². The number of hydrogen-bond acceptors (Lipinski definition) is 5. The summed E-state index contributed by atoms with van der Waals surface area (Å²) >= 11 is 1.42. The zero-order valence-electron chi connectivity index (χ0n) is 13.7. The SMILES string of the molecule is COCCn1cnnc1SC(C)C(=O)N(C)Cc1ccccc1. The summed E-state index contributed by atoms with van der Waals surface area (Å²) in [5.74, 6) is 0.0696. The molecule has 0 aliphatic heterocycles. The molecule has 0 radical (unpaired) electrons. The number of aromatic nitrogens is 3. The Morgan fingerprint density at radius 1 is 1.39 bits per heavy atom. The highest BCUT2D eigenvalue weighted by atomic mass is 32.2. The summed E-state index contributed by atoms with van der Waals surface area (Å²) in [5.41, 5.74) is 1.11. The van der Waals surface area contributed by atoms with Crippen molar-refractivity contribution in [3.05, 3.63) is 42.2 Å². The average Bonchev–Trinajstić information content (AvgIpc) is 3.00. The van der Waals surface area contributed by atoms with Gasteiger partial charge in [0.1, 0.15) is 6.33 Å². The predicted octanol–water partition coefficient (Wildman–Crippen LogP) is 2.06. The number of hydrogen-bond donors (Lipinski definition) is 0. The van der Waals surface area contributed by atoms with Crippen molar-refractivity contribution < 1.29 is 9.53 Å². The maximum Gasteiger partial charge on any atom is 0.235 e. The Bertz CT molecular complexity index is 618. The van der Waals surface area contributed by atoms with E-state index in [4.69, 9.17) is 4.74 Å². The molecule has 7 heteroatoms. The lowest BCUT2D eigenvalue weighted by Gasteiger charge is -2.21. The second-order valence-electron chi connectivity index (χ2n) is 5.24. The number of methoxy groups -OCH3 is 1. The van der Waals surface area contributed by atoms with E-state index in [1.807, 2.05) is 48.9 Å². The summed E-state index contributed by atoms with van der Waals surface area (Å²) in [5, 5.41) is 8.50. The van der Waals surface area contributed by atoms with Crippen LogP contribution in [0, 0.1) is 0 Å². The van der Waals surface area contributed by atoms with Crippen molar-refractivity contribution in [1.82, 2.24) is 19.7 Å². The van der Waals surface area contributed by atoms with Crippen molar-refractivity contribution in [3.63, 3.8) is 0 Å². The van der Waals surface area contributed by atoms with Gasteiger partial charge in [-0.1, -0.05) is 42.1 Å². The minimum atomic E-state index is -0.228. The van der Waals surface area contributed by atoms with Crippen LogP contribution in [-0.2, 0) is 22.6 Å². The molecule has 124 valence electrons. The summed E-state index contributed by atoms with van der Waals surface area (Å²) in [6.45, 7) is 3.75. The molecule has 0 fully saturated rings. The van der Waals surface area contributed by atoms with Crippen LogP contribution in [0.4, 0.5) is 0 Å². The van der Waals surface area contributed by atoms with Gasteiger partial charge in [0, 0.05) is 27.2 Å². The van der Waals surface area contributed by atoms with Crippen molar-refractivity contribution in [2.45, 2.75) is 30.4 Å². The number of nitrogens with zero attached hydrogens (tertiary/aromatic N) is 4. The monoisotopic (exact) mass is 334 g/mol. The van der Waals surface area contributed by atoms with Crippen LogP contribution in [0.3, 0.4) is 0 Å². The minimum absolute atomic E-state index is 0.0696. The van der Waals surface area contributed by atoms with E-state index in [-0.39, 0.29) is 11.2 Å². The molecule has 0 saturated carbocycles. The Morgan fingerprint density at radius 2 is 2.13 bits per heavy atom. The van der Waals surface area contributed by atoms with E-state index in [9.17, 15) is 4.79 Å². The molecule has 2 rings (SSSR count). The number of benzene rings is 1. The van der Waals surface area contributed by atoms with E-state index in [1.165, 1.54) is 11.8 Å². The molecular weight excluding hydrogens is 312 g/mol. The number of thioether (sulfide) groups is 1. The molecule has 1 heterocycles. The molecule has 1 aromatic carbocycles. The van der Waals surface area contributed by atoms with Crippen LogP contribution in [0.15, 0.2) is 41.8 Å². The Labute approximate surface area is 140 Å². The van der Waals surface area contributed by atoms with Gasteiger partial charge < -0.3 is 14.2 Å². The molecular formula is C16H22N4O2S. The van der Waals surface area contributed by atoms with Gasteiger partial charge in [0.05, 0.1) is 11.9 Å². The molecule has 0 N–H and O–H groups in total. The summed E-state index contributed by atoms with van der Waals surface area (Å²) in [6, 6.07) is 9.96. The van der Waals surface area contributed by atoms with E-state index < -0.39 is 0 Å². The van der Waals surface area contributed by atoms with Crippen LogP contribution in [-0.4, -0.2) is 51.6 Å². The molecule has 0 aliphatic rings. The Kier molecular flexibility index (Phi) is 6.61. The van der Waals surface area contributed by atoms with Gasteiger partial charge in [-0.05, 0) is 12.5 Å². The highest BCUT2D eigenvalue weighted by Crippen LogP contribution is 2.22. The van der Waals surface area contributed by atoms with Crippen molar-refractivity contribution in [3.8, 4) is 0 Å². The van der Waals surface area contributed by atoms with Gasteiger partial charge in [-0.2, -0.15) is 0 Å². The first kappa shape index (κ1) is 17.5. The molecule has 2 aromatic rings. The maximum absolute atomic E-state index is 12.5. The van der Waals surface area contributed by atoms with E-state index in [1.54, 1.807) is 18.3 Å². The van der Waals surface area contributed by atoms with Crippen molar-refractivity contribution >= 4 is 17.7 Å². The van der Waals surface area contributed by atoms with Crippen LogP contribution in [0.2, 0.25) is 0 Å². The fourth-order valence-corrected chi connectivity index (χ4v) is 3.10.